The molecule has 130 valence electrons. The molecule has 1 aromatic carbocycles. The molecule has 7 heteroatoms. The van der Waals surface area contributed by atoms with Gasteiger partial charge in [-0.05, 0) is 29.9 Å². The van der Waals surface area contributed by atoms with E-state index in [-0.39, 0.29) is 22.9 Å². The molecule has 2 aliphatic rings. The van der Waals surface area contributed by atoms with Crippen LogP contribution in [0, 0.1) is 17.0 Å². The van der Waals surface area contributed by atoms with Crippen molar-refractivity contribution < 1.29 is 13.6 Å². The molecule has 1 atom stereocenters. The van der Waals surface area contributed by atoms with Crippen LogP contribution in [0.2, 0.25) is 0 Å². The number of aromatic nitrogens is 2. The van der Waals surface area contributed by atoms with E-state index in [1.54, 1.807) is 4.90 Å². The zero-order chi connectivity index (χ0) is 17.6. The van der Waals surface area contributed by atoms with Crippen LogP contribution in [0.25, 0.3) is 0 Å². The molecular weight excluding hydrogens is 328 g/mol. The maximum absolute atomic E-state index is 14.3. The molecule has 1 aliphatic heterocycles. The summed E-state index contributed by atoms with van der Waals surface area (Å²) >= 11 is 0. The Kier molecular flexibility index (Phi) is 3.67. The Balaban J connectivity index is 1.65. The highest BCUT2D eigenvalue weighted by Crippen LogP contribution is 2.56. The predicted octanol–water partition coefficient (Wildman–Crippen LogP) is 2.46. The van der Waals surface area contributed by atoms with Crippen molar-refractivity contribution in [3.63, 3.8) is 0 Å². The van der Waals surface area contributed by atoms with Gasteiger partial charge in [-0.3, -0.25) is 14.6 Å². The highest BCUT2D eigenvalue weighted by atomic mass is 19.1. The number of hydrogen-bond donors (Lipinski definition) is 1. The van der Waals surface area contributed by atoms with Crippen LogP contribution in [-0.4, -0.2) is 33.9 Å². The lowest BCUT2D eigenvalue weighted by atomic mass is 9.61. The average Bonchev–Trinajstić information content (AvgIpc) is 2.95. The van der Waals surface area contributed by atoms with Gasteiger partial charge in [0.1, 0.15) is 17.3 Å². The van der Waals surface area contributed by atoms with Crippen molar-refractivity contribution in [1.29, 1.82) is 0 Å². The molecule has 0 bridgehead atoms. The van der Waals surface area contributed by atoms with Crippen LogP contribution in [0.1, 0.15) is 41.2 Å². The maximum atomic E-state index is 14.3. The number of H-pyrrole nitrogens is 1. The number of hydrogen-bond acceptors (Lipinski definition) is 3. The minimum Gasteiger partial charge on any atom is -0.336 e. The molecule has 5 nitrogen and oxygen atoms in total. The third kappa shape index (κ3) is 2.63. The summed E-state index contributed by atoms with van der Waals surface area (Å²) in [5.41, 5.74) is -0.0283. The number of rotatable bonds is 2. The average molecular weight is 345 g/mol. The Labute approximate surface area is 142 Å². The van der Waals surface area contributed by atoms with Crippen molar-refractivity contribution in [2.24, 2.45) is 5.41 Å². The van der Waals surface area contributed by atoms with Gasteiger partial charge in [-0.25, -0.2) is 8.78 Å². The SMILES string of the molecule is O=C(c1cncc(=O)[nH]1)N1C[C@@H](c2ccc(F)cc2F)C2(CCC2)C1. The number of nitrogens with one attached hydrogen (secondary N) is 1. The minimum absolute atomic E-state index is 0.127. The lowest BCUT2D eigenvalue weighted by Crippen LogP contribution is -2.38. The second kappa shape index (κ2) is 5.75. The number of benzene rings is 1. The van der Waals surface area contributed by atoms with E-state index in [0.717, 1.165) is 31.5 Å². The molecule has 2 fully saturated rings. The fraction of sp³-hybridized carbons (Fsp3) is 0.389. The van der Waals surface area contributed by atoms with Gasteiger partial charge in [0.15, 0.2) is 0 Å². The molecule has 0 radical (unpaired) electrons. The van der Waals surface area contributed by atoms with E-state index in [1.165, 1.54) is 18.3 Å². The van der Waals surface area contributed by atoms with Gasteiger partial charge in [0.05, 0.1) is 12.4 Å². The maximum Gasteiger partial charge on any atom is 0.272 e. The normalized spacial score (nSPS) is 21.4. The van der Waals surface area contributed by atoms with Crippen LogP contribution in [0.5, 0.6) is 0 Å². The van der Waals surface area contributed by atoms with Crippen LogP contribution in [0.15, 0.2) is 35.4 Å². The molecule has 4 rings (SSSR count). The summed E-state index contributed by atoms with van der Waals surface area (Å²) in [5.74, 6) is -1.67. The summed E-state index contributed by atoms with van der Waals surface area (Å²) in [6, 6.07) is 3.63. The molecule has 1 aromatic heterocycles. The van der Waals surface area contributed by atoms with E-state index < -0.39 is 17.2 Å². The molecular formula is C18H17F2N3O2. The molecule has 1 saturated heterocycles. The highest BCUT2D eigenvalue weighted by Gasteiger charge is 2.52. The van der Waals surface area contributed by atoms with Gasteiger partial charge in [-0.2, -0.15) is 0 Å². The number of halogens is 2. The number of aromatic amines is 1. The first kappa shape index (κ1) is 15.9. The summed E-state index contributed by atoms with van der Waals surface area (Å²) in [4.78, 5) is 32.0. The third-order valence-electron chi connectivity index (χ3n) is 5.51. The van der Waals surface area contributed by atoms with E-state index in [9.17, 15) is 18.4 Å². The van der Waals surface area contributed by atoms with Gasteiger partial charge >= 0.3 is 0 Å². The Morgan fingerprint density at radius 2 is 2.08 bits per heavy atom. The molecule has 2 heterocycles. The standard InChI is InChI=1S/C18H17F2N3O2/c19-11-2-3-12(14(20)6-11)13-9-23(10-18(13)4-1-5-18)17(25)15-7-21-8-16(24)22-15/h2-3,6-8,13H,1,4-5,9-10H2,(H,22,24)/t13-/m0/s1. The van der Waals surface area contributed by atoms with Crippen molar-refractivity contribution in [2.75, 3.05) is 13.1 Å². The monoisotopic (exact) mass is 345 g/mol. The summed E-state index contributed by atoms with van der Waals surface area (Å²) in [6.45, 7) is 0.850. The molecule has 1 saturated carbocycles. The second-order valence-electron chi connectivity index (χ2n) is 6.93. The topological polar surface area (TPSA) is 66.1 Å². The number of carbonyl (C=O) groups excluding carboxylic acids is 1. The molecule has 25 heavy (non-hydrogen) atoms. The number of carbonyl (C=O) groups is 1. The lowest BCUT2D eigenvalue weighted by Gasteiger charge is -2.43. The fourth-order valence-electron chi connectivity index (χ4n) is 4.13. The van der Waals surface area contributed by atoms with Crippen LogP contribution in [0.3, 0.4) is 0 Å². The zero-order valence-corrected chi connectivity index (χ0v) is 13.5. The number of amides is 1. The van der Waals surface area contributed by atoms with Crippen LogP contribution < -0.4 is 5.56 Å². The van der Waals surface area contributed by atoms with Crippen molar-refractivity contribution in [1.82, 2.24) is 14.9 Å². The summed E-state index contributed by atoms with van der Waals surface area (Å²) in [7, 11) is 0. The molecule has 2 aromatic rings. The van der Waals surface area contributed by atoms with E-state index in [1.807, 2.05) is 0 Å². The Bertz CT molecular complexity index is 892. The first-order chi connectivity index (χ1) is 12.0. The van der Waals surface area contributed by atoms with Gasteiger partial charge in [-0.15, -0.1) is 0 Å². The third-order valence-corrected chi connectivity index (χ3v) is 5.51. The van der Waals surface area contributed by atoms with Crippen molar-refractivity contribution >= 4 is 5.91 Å². The van der Waals surface area contributed by atoms with Crippen molar-refractivity contribution in [2.45, 2.75) is 25.2 Å². The van der Waals surface area contributed by atoms with E-state index in [4.69, 9.17) is 0 Å². The van der Waals surface area contributed by atoms with E-state index >= 15 is 0 Å². The Morgan fingerprint density at radius 3 is 2.72 bits per heavy atom. The molecule has 1 N–H and O–H groups in total. The summed E-state index contributed by atoms with van der Waals surface area (Å²) in [6.07, 6.45) is 5.27. The Hall–Kier alpha value is -2.57. The van der Waals surface area contributed by atoms with E-state index in [0.29, 0.717) is 18.7 Å². The molecule has 1 aliphatic carbocycles. The first-order valence-corrected chi connectivity index (χ1v) is 8.27. The quantitative estimate of drug-likeness (QED) is 0.909. The summed E-state index contributed by atoms with van der Waals surface area (Å²) < 4.78 is 27.6. The van der Waals surface area contributed by atoms with Gasteiger partial charge in [0.2, 0.25) is 0 Å². The molecule has 1 amide bonds. The largest absolute Gasteiger partial charge is 0.336 e. The summed E-state index contributed by atoms with van der Waals surface area (Å²) in [5, 5.41) is 0. The minimum atomic E-state index is -0.609. The molecule has 0 unspecified atom stereocenters. The van der Waals surface area contributed by atoms with Crippen LogP contribution in [-0.2, 0) is 0 Å². The molecule has 1 spiro atoms. The van der Waals surface area contributed by atoms with Gasteiger partial charge in [0, 0.05) is 25.1 Å². The smallest absolute Gasteiger partial charge is 0.272 e. The second-order valence-corrected chi connectivity index (χ2v) is 6.93. The highest BCUT2D eigenvalue weighted by molar-refractivity contribution is 5.92. The van der Waals surface area contributed by atoms with Crippen LogP contribution in [0.4, 0.5) is 8.78 Å². The van der Waals surface area contributed by atoms with E-state index in [2.05, 4.69) is 9.97 Å². The zero-order valence-electron chi connectivity index (χ0n) is 13.5. The van der Waals surface area contributed by atoms with Crippen LogP contribution >= 0.6 is 0 Å². The Morgan fingerprint density at radius 1 is 1.28 bits per heavy atom. The number of nitrogens with zero attached hydrogens (tertiary/aromatic N) is 2. The predicted molar refractivity (Wildman–Crippen MR) is 86.1 cm³/mol. The fourth-order valence-corrected chi connectivity index (χ4v) is 4.13. The first-order valence-electron chi connectivity index (χ1n) is 8.27. The number of likely N-dealkylation sites (tertiary alicyclic amines) is 1. The van der Waals surface area contributed by atoms with Gasteiger partial charge in [-0.1, -0.05) is 12.5 Å². The lowest BCUT2D eigenvalue weighted by molar-refractivity contribution is 0.0718. The van der Waals surface area contributed by atoms with Crippen molar-refractivity contribution in [3.05, 3.63) is 63.8 Å². The van der Waals surface area contributed by atoms with Gasteiger partial charge in [0.25, 0.3) is 11.5 Å². The van der Waals surface area contributed by atoms with Crippen molar-refractivity contribution in [3.8, 4) is 0 Å². The van der Waals surface area contributed by atoms with Gasteiger partial charge < -0.3 is 9.88 Å².